The van der Waals surface area contributed by atoms with Crippen molar-refractivity contribution in [2.24, 2.45) is 0 Å². The summed E-state index contributed by atoms with van der Waals surface area (Å²) in [6.45, 7) is 6.31. The van der Waals surface area contributed by atoms with Crippen LogP contribution in [0.15, 0.2) is 73.3 Å². The number of ether oxygens (including phenoxy) is 4. The SMILES string of the molecule is C=CC(=O)OCCCCOc1ccc(C(=O)Oc2ccc3c(c2)C(C)c2cc(OC)ccc2-3)cc1. The zero-order chi connectivity index (χ0) is 24.8. The van der Waals surface area contributed by atoms with Crippen LogP contribution in [0.1, 0.15) is 47.2 Å². The number of hydrogen-bond acceptors (Lipinski definition) is 6. The fourth-order valence-electron chi connectivity index (χ4n) is 4.13. The Morgan fingerprint density at radius 3 is 2.11 bits per heavy atom. The molecule has 0 bridgehead atoms. The van der Waals surface area contributed by atoms with Gasteiger partial charge in [-0.2, -0.15) is 0 Å². The summed E-state index contributed by atoms with van der Waals surface area (Å²) >= 11 is 0. The maximum absolute atomic E-state index is 12.7. The lowest BCUT2D eigenvalue weighted by Crippen LogP contribution is -2.09. The molecule has 180 valence electrons. The highest BCUT2D eigenvalue weighted by atomic mass is 16.5. The van der Waals surface area contributed by atoms with Gasteiger partial charge in [0, 0.05) is 12.0 Å². The average molecular weight is 473 g/mol. The van der Waals surface area contributed by atoms with Crippen molar-refractivity contribution in [1.29, 1.82) is 0 Å². The molecular weight excluding hydrogens is 444 g/mol. The van der Waals surface area contributed by atoms with Crippen molar-refractivity contribution < 1.29 is 28.5 Å². The Bertz CT molecular complexity index is 1230. The van der Waals surface area contributed by atoms with Crippen molar-refractivity contribution in [3.05, 3.63) is 90.0 Å². The Balaban J connectivity index is 1.32. The molecule has 6 heteroatoms. The summed E-state index contributed by atoms with van der Waals surface area (Å²) in [6.07, 6.45) is 2.58. The van der Waals surface area contributed by atoms with Gasteiger partial charge in [-0.1, -0.05) is 25.6 Å². The van der Waals surface area contributed by atoms with Crippen LogP contribution in [0.25, 0.3) is 11.1 Å². The summed E-state index contributed by atoms with van der Waals surface area (Å²) in [6, 6.07) is 18.7. The molecule has 1 aliphatic carbocycles. The summed E-state index contributed by atoms with van der Waals surface area (Å²) in [4.78, 5) is 23.7. The number of rotatable bonds is 10. The first kappa shape index (κ1) is 24.1. The number of carbonyl (C=O) groups is 2. The lowest BCUT2D eigenvalue weighted by Gasteiger charge is -2.10. The molecule has 0 N–H and O–H groups in total. The van der Waals surface area contributed by atoms with Crippen LogP contribution < -0.4 is 14.2 Å². The molecule has 0 saturated heterocycles. The zero-order valence-electron chi connectivity index (χ0n) is 19.9. The number of benzene rings is 3. The van der Waals surface area contributed by atoms with Crippen LogP contribution in [-0.4, -0.2) is 32.3 Å². The van der Waals surface area contributed by atoms with Crippen LogP contribution >= 0.6 is 0 Å². The van der Waals surface area contributed by atoms with Crippen LogP contribution in [0, 0.1) is 0 Å². The van der Waals surface area contributed by atoms with Crippen LogP contribution in [-0.2, 0) is 9.53 Å². The second kappa shape index (κ2) is 10.9. The Hall–Kier alpha value is -4.06. The van der Waals surface area contributed by atoms with E-state index in [1.807, 2.05) is 24.3 Å². The summed E-state index contributed by atoms with van der Waals surface area (Å²) in [5.41, 5.74) is 5.10. The van der Waals surface area contributed by atoms with Crippen molar-refractivity contribution in [2.75, 3.05) is 20.3 Å². The van der Waals surface area contributed by atoms with Gasteiger partial charge < -0.3 is 18.9 Å². The fourth-order valence-corrected chi connectivity index (χ4v) is 4.13. The minimum Gasteiger partial charge on any atom is -0.497 e. The van der Waals surface area contributed by atoms with Gasteiger partial charge in [0.2, 0.25) is 0 Å². The number of methoxy groups -OCH3 is 1. The summed E-state index contributed by atoms with van der Waals surface area (Å²) in [5, 5.41) is 0. The van der Waals surface area contributed by atoms with Gasteiger partial charge in [-0.25, -0.2) is 9.59 Å². The highest BCUT2D eigenvalue weighted by Gasteiger charge is 2.26. The Labute approximate surface area is 205 Å². The molecule has 0 saturated carbocycles. The molecule has 35 heavy (non-hydrogen) atoms. The molecule has 0 aliphatic heterocycles. The Morgan fingerprint density at radius 2 is 1.46 bits per heavy atom. The van der Waals surface area contributed by atoms with E-state index in [0.29, 0.717) is 36.7 Å². The summed E-state index contributed by atoms with van der Waals surface area (Å²) < 4.78 is 21.6. The molecule has 0 amide bonds. The van der Waals surface area contributed by atoms with Crippen LogP contribution in [0.4, 0.5) is 0 Å². The molecular formula is C29H28O6. The second-order valence-electron chi connectivity index (χ2n) is 8.27. The predicted molar refractivity (Wildman–Crippen MR) is 133 cm³/mol. The van der Waals surface area contributed by atoms with Gasteiger partial charge in [-0.3, -0.25) is 0 Å². The molecule has 0 spiro atoms. The largest absolute Gasteiger partial charge is 0.497 e. The Morgan fingerprint density at radius 1 is 0.857 bits per heavy atom. The van der Waals surface area contributed by atoms with E-state index in [2.05, 4.69) is 25.6 Å². The van der Waals surface area contributed by atoms with E-state index in [0.717, 1.165) is 29.4 Å². The molecule has 4 rings (SSSR count). The van der Waals surface area contributed by atoms with E-state index in [1.165, 1.54) is 11.1 Å². The quantitative estimate of drug-likeness (QED) is 0.158. The van der Waals surface area contributed by atoms with Crippen molar-refractivity contribution in [2.45, 2.75) is 25.7 Å². The lowest BCUT2D eigenvalue weighted by molar-refractivity contribution is -0.137. The molecule has 1 unspecified atom stereocenters. The van der Waals surface area contributed by atoms with Crippen LogP contribution in [0.3, 0.4) is 0 Å². The zero-order valence-corrected chi connectivity index (χ0v) is 19.9. The van der Waals surface area contributed by atoms with Gasteiger partial charge in [-0.05, 0) is 83.6 Å². The molecule has 6 nitrogen and oxygen atoms in total. The maximum atomic E-state index is 12.7. The average Bonchev–Trinajstić information content (AvgIpc) is 3.16. The van der Waals surface area contributed by atoms with E-state index < -0.39 is 11.9 Å². The molecule has 0 fully saturated rings. The number of esters is 2. The minimum absolute atomic E-state index is 0.180. The maximum Gasteiger partial charge on any atom is 0.343 e. The minimum atomic E-state index is -0.426. The van der Waals surface area contributed by atoms with E-state index in [1.54, 1.807) is 31.4 Å². The molecule has 3 aromatic rings. The smallest absolute Gasteiger partial charge is 0.343 e. The third-order valence-corrected chi connectivity index (χ3v) is 6.02. The van der Waals surface area contributed by atoms with E-state index in [9.17, 15) is 9.59 Å². The number of fused-ring (bicyclic) bond motifs is 3. The van der Waals surface area contributed by atoms with Crippen molar-refractivity contribution in [1.82, 2.24) is 0 Å². The van der Waals surface area contributed by atoms with Gasteiger partial charge in [0.05, 0.1) is 25.9 Å². The molecule has 0 aromatic heterocycles. The first-order valence-corrected chi connectivity index (χ1v) is 11.6. The Kier molecular flexibility index (Phi) is 7.51. The predicted octanol–water partition coefficient (Wildman–Crippen LogP) is 5.93. The molecule has 1 aliphatic rings. The number of unbranched alkanes of at least 4 members (excludes halogenated alkanes) is 1. The normalized spacial score (nSPS) is 13.4. The third-order valence-electron chi connectivity index (χ3n) is 6.02. The van der Waals surface area contributed by atoms with Crippen molar-refractivity contribution in [3.8, 4) is 28.4 Å². The topological polar surface area (TPSA) is 71.1 Å². The standard InChI is InChI=1S/C29H28O6/c1-4-28(30)34-16-6-5-15-33-21-9-7-20(8-10-21)29(31)35-23-12-14-25-24-13-11-22(32-3)17-26(24)19(2)27(25)18-23/h4,7-14,17-19H,1,5-6,15-16H2,2-3H3. The highest BCUT2D eigenvalue weighted by Crippen LogP contribution is 2.46. The van der Waals surface area contributed by atoms with E-state index in [-0.39, 0.29) is 5.92 Å². The van der Waals surface area contributed by atoms with Crippen LogP contribution in [0.2, 0.25) is 0 Å². The van der Waals surface area contributed by atoms with Crippen LogP contribution in [0.5, 0.6) is 17.2 Å². The molecule has 3 aromatic carbocycles. The lowest BCUT2D eigenvalue weighted by atomic mass is 9.99. The molecule has 0 heterocycles. The van der Waals surface area contributed by atoms with Gasteiger partial charge >= 0.3 is 11.9 Å². The van der Waals surface area contributed by atoms with Gasteiger partial charge in [0.25, 0.3) is 0 Å². The number of hydrogen-bond donors (Lipinski definition) is 0. The van der Waals surface area contributed by atoms with Gasteiger partial charge in [0.15, 0.2) is 0 Å². The second-order valence-corrected chi connectivity index (χ2v) is 8.27. The number of carbonyl (C=O) groups excluding carboxylic acids is 2. The fraction of sp³-hybridized carbons (Fsp3) is 0.241. The summed E-state index contributed by atoms with van der Waals surface area (Å²) in [7, 11) is 1.66. The summed E-state index contributed by atoms with van der Waals surface area (Å²) in [5.74, 6) is 1.33. The highest BCUT2D eigenvalue weighted by molar-refractivity contribution is 5.91. The first-order valence-electron chi connectivity index (χ1n) is 11.6. The third kappa shape index (κ3) is 5.54. The van der Waals surface area contributed by atoms with Gasteiger partial charge in [0.1, 0.15) is 17.2 Å². The van der Waals surface area contributed by atoms with E-state index >= 15 is 0 Å². The van der Waals surface area contributed by atoms with Crippen molar-refractivity contribution >= 4 is 11.9 Å². The van der Waals surface area contributed by atoms with E-state index in [4.69, 9.17) is 18.9 Å². The van der Waals surface area contributed by atoms with Gasteiger partial charge in [-0.15, -0.1) is 0 Å². The molecule has 0 radical (unpaired) electrons. The monoisotopic (exact) mass is 472 g/mol. The first-order chi connectivity index (χ1) is 17.0. The molecule has 1 atom stereocenters. The van der Waals surface area contributed by atoms with Crippen molar-refractivity contribution in [3.63, 3.8) is 0 Å².